The predicted octanol–water partition coefficient (Wildman–Crippen LogP) is 3.79. The second-order valence-corrected chi connectivity index (χ2v) is 5.75. The molecule has 0 aliphatic heterocycles. The fourth-order valence-electron chi connectivity index (χ4n) is 2.89. The molecule has 4 nitrogen and oxygen atoms in total. The number of carbonyl (C=O) groups excluding carboxylic acids is 2. The molecule has 0 radical (unpaired) electrons. The standard InChI is InChI=1S/C19H24O4/c1-3-23-19(21)17(18(20)15-7-5-4-6-8-15)13-14-9-11-16(22-2)12-10-14/h9-13,15H,3-8H2,1-2H3. The van der Waals surface area contributed by atoms with Gasteiger partial charge in [-0.2, -0.15) is 0 Å². The largest absolute Gasteiger partial charge is 0.497 e. The van der Waals surface area contributed by atoms with E-state index in [1.54, 1.807) is 32.2 Å². The van der Waals surface area contributed by atoms with Crippen LogP contribution in [0.1, 0.15) is 44.6 Å². The van der Waals surface area contributed by atoms with Gasteiger partial charge in [-0.05, 0) is 43.5 Å². The molecule has 23 heavy (non-hydrogen) atoms. The van der Waals surface area contributed by atoms with Crippen molar-refractivity contribution in [1.82, 2.24) is 0 Å². The van der Waals surface area contributed by atoms with E-state index in [2.05, 4.69) is 0 Å². The van der Waals surface area contributed by atoms with Crippen molar-refractivity contribution in [2.24, 2.45) is 5.92 Å². The first kappa shape index (κ1) is 17.3. The average Bonchev–Trinajstić information content (AvgIpc) is 2.60. The zero-order valence-corrected chi connectivity index (χ0v) is 13.8. The molecule has 4 heteroatoms. The summed E-state index contributed by atoms with van der Waals surface area (Å²) in [7, 11) is 1.60. The third-order valence-corrected chi connectivity index (χ3v) is 4.16. The van der Waals surface area contributed by atoms with Crippen LogP contribution in [0.25, 0.3) is 6.08 Å². The Hall–Kier alpha value is -2.10. The summed E-state index contributed by atoms with van der Waals surface area (Å²) in [5, 5.41) is 0. The van der Waals surface area contributed by atoms with E-state index in [4.69, 9.17) is 9.47 Å². The van der Waals surface area contributed by atoms with Crippen LogP contribution in [-0.4, -0.2) is 25.5 Å². The smallest absolute Gasteiger partial charge is 0.341 e. The van der Waals surface area contributed by atoms with Crippen LogP contribution >= 0.6 is 0 Å². The number of esters is 1. The Morgan fingerprint density at radius 2 is 1.78 bits per heavy atom. The number of methoxy groups -OCH3 is 1. The quantitative estimate of drug-likeness (QED) is 0.347. The molecule has 0 N–H and O–H groups in total. The van der Waals surface area contributed by atoms with Crippen molar-refractivity contribution in [2.45, 2.75) is 39.0 Å². The highest BCUT2D eigenvalue weighted by atomic mass is 16.5. The first-order chi connectivity index (χ1) is 11.2. The van der Waals surface area contributed by atoms with Gasteiger partial charge in [0.15, 0.2) is 5.78 Å². The molecule has 0 unspecified atom stereocenters. The van der Waals surface area contributed by atoms with Crippen LogP contribution in [0, 0.1) is 5.92 Å². The van der Waals surface area contributed by atoms with Gasteiger partial charge in [0, 0.05) is 5.92 Å². The summed E-state index contributed by atoms with van der Waals surface area (Å²) >= 11 is 0. The molecule has 0 heterocycles. The molecule has 0 saturated heterocycles. The monoisotopic (exact) mass is 316 g/mol. The van der Waals surface area contributed by atoms with E-state index >= 15 is 0 Å². The van der Waals surface area contributed by atoms with Gasteiger partial charge in [0.05, 0.1) is 13.7 Å². The zero-order chi connectivity index (χ0) is 16.7. The second-order valence-electron chi connectivity index (χ2n) is 5.75. The summed E-state index contributed by atoms with van der Waals surface area (Å²) in [6.07, 6.45) is 6.62. The Morgan fingerprint density at radius 3 is 2.35 bits per heavy atom. The lowest BCUT2D eigenvalue weighted by atomic mass is 9.83. The Morgan fingerprint density at radius 1 is 1.13 bits per heavy atom. The molecule has 0 bridgehead atoms. The average molecular weight is 316 g/mol. The lowest BCUT2D eigenvalue weighted by Gasteiger charge is -2.21. The van der Waals surface area contributed by atoms with Gasteiger partial charge in [0.25, 0.3) is 0 Å². The molecule has 1 saturated carbocycles. The van der Waals surface area contributed by atoms with Crippen LogP contribution in [0.3, 0.4) is 0 Å². The van der Waals surface area contributed by atoms with E-state index in [-0.39, 0.29) is 23.9 Å². The van der Waals surface area contributed by atoms with Crippen LogP contribution in [0.4, 0.5) is 0 Å². The minimum atomic E-state index is -0.529. The highest BCUT2D eigenvalue weighted by molar-refractivity contribution is 6.21. The lowest BCUT2D eigenvalue weighted by molar-refractivity contribution is -0.140. The molecule has 0 spiro atoms. The predicted molar refractivity (Wildman–Crippen MR) is 89.2 cm³/mol. The number of hydrogen-bond donors (Lipinski definition) is 0. The number of Topliss-reactive ketones (excluding diaryl/α,β-unsaturated/α-hetero) is 1. The Balaban J connectivity index is 2.26. The minimum absolute atomic E-state index is 0.0577. The van der Waals surface area contributed by atoms with Gasteiger partial charge in [-0.3, -0.25) is 4.79 Å². The summed E-state index contributed by atoms with van der Waals surface area (Å²) in [6, 6.07) is 7.26. The summed E-state index contributed by atoms with van der Waals surface area (Å²) < 4.78 is 10.2. The lowest BCUT2D eigenvalue weighted by Crippen LogP contribution is -2.24. The van der Waals surface area contributed by atoms with Gasteiger partial charge in [0.1, 0.15) is 11.3 Å². The summed E-state index contributed by atoms with van der Waals surface area (Å²) in [5.74, 6) is 0.0638. The van der Waals surface area contributed by atoms with E-state index in [1.165, 1.54) is 6.42 Å². The molecule has 2 rings (SSSR count). The van der Waals surface area contributed by atoms with Gasteiger partial charge in [0.2, 0.25) is 0 Å². The van der Waals surface area contributed by atoms with Crippen molar-refractivity contribution in [3.63, 3.8) is 0 Å². The van der Waals surface area contributed by atoms with Crippen LogP contribution in [0.15, 0.2) is 29.8 Å². The zero-order valence-electron chi connectivity index (χ0n) is 13.8. The van der Waals surface area contributed by atoms with Crippen LogP contribution < -0.4 is 4.74 Å². The number of carbonyl (C=O) groups is 2. The van der Waals surface area contributed by atoms with Gasteiger partial charge < -0.3 is 9.47 Å². The molecule has 0 atom stereocenters. The molecule has 0 aromatic heterocycles. The SMILES string of the molecule is CCOC(=O)C(=Cc1ccc(OC)cc1)C(=O)C1CCCCC1. The highest BCUT2D eigenvalue weighted by Gasteiger charge is 2.28. The minimum Gasteiger partial charge on any atom is -0.497 e. The van der Waals surface area contributed by atoms with E-state index in [0.717, 1.165) is 37.0 Å². The maximum atomic E-state index is 12.7. The van der Waals surface area contributed by atoms with Crippen molar-refractivity contribution < 1.29 is 19.1 Å². The molecular weight excluding hydrogens is 292 g/mol. The fourth-order valence-corrected chi connectivity index (χ4v) is 2.89. The number of hydrogen-bond acceptors (Lipinski definition) is 4. The van der Waals surface area contributed by atoms with E-state index in [9.17, 15) is 9.59 Å². The maximum Gasteiger partial charge on any atom is 0.341 e. The number of ketones is 1. The van der Waals surface area contributed by atoms with Gasteiger partial charge in [-0.15, -0.1) is 0 Å². The normalized spacial score (nSPS) is 16.0. The third-order valence-electron chi connectivity index (χ3n) is 4.16. The molecule has 1 fully saturated rings. The summed E-state index contributed by atoms with van der Waals surface area (Å²) in [4.78, 5) is 25.0. The highest BCUT2D eigenvalue weighted by Crippen LogP contribution is 2.28. The molecule has 1 aliphatic carbocycles. The Bertz CT molecular complexity index is 566. The molecule has 124 valence electrons. The number of ether oxygens (including phenoxy) is 2. The molecule has 0 amide bonds. The molecule has 1 aromatic carbocycles. The van der Waals surface area contributed by atoms with E-state index in [0.29, 0.717) is 0 Å². The Kier molecular flexibility index (Phi) is 6.39. The summed E-state index contributed by atoms with van der Waals surface area (Å²) in [6.45, 7) is 2.00. The van der Waals surface area contributed by atoms with Crippen molar-refractivity contribution in [1.29, 1.82) is 0 Å². The third kappa shape index (κ3) is 4.68. The van der Waals surface area contributed by atoms with Crippen molar-refractivity contribution in [3.05, 3.63) is 35.4 Å². The summed E-state index contributed by atoms with van der Waals surface area (Å²) in [5.41, 5.74) is 0.946. The van der Waals surface area contributed by atoms with Crippen LogP contribution in [0.2, 0.25) is 0 Å². The molecule has 1 aromatic rings. The van der Waals surface area contributed by atoms with Gasteiger partial charge in [-0.25, -0.2) is 4.79 Å². The van der Waals surface area contributed by atoms with Crippen molar-refractivity contribution >= 4 is 17.8 Å². The molecular formula is C19H24O4. The number of rotatable bonds is 6. The van der Waals surface area contributed by atoms with Crippen LogP contribution in [-0.2, 0) is 14.3 Å². The first-order valence-electron chi connectivity index (χ1n) is 8.22. The van der Waals surface area contributed by atoms with E-state index in [1.807, 2.05) is 12.1 Å². The van der Waals surface area contributed by atoms with Crippen molar-refractivity contribution in [2.75, 3.05) is 13.7 Å². The Labute approximate surface area is 137 Å². The second kappa shape index (κ2) is 8.51. The maximum absolute atomic E-state index is 12.7. The van der Waals surface area contributed by atoms with E-state index < -0.39 is 5.97 Å². The van der Waals surface area contributed by atoms with Crippen LogP contribution in [0.5, 0.6) is 5.75 Å². The van der Waals surface area contributed by atoms with Gasteiger partial charge in [-0.1, -0.05) is 31.4 Å². The first-order valence-corrected chi connectivity index (χ1v) is 8.22. The van der Waals surface area contributed by atoms with Gasteiger partial charge >= 0.3 is 5.97 Å². The molecule has 1 aliphatic rings. The number of benzene rings is 1. The van der Waals surface area contributed by atoms with Crippen molar-refractivity contribution in [3.8, 4) is 5.75 Å². The topological polar surface area (TPSA) is 52.6 Å². The fraction of sp³-hybridized carbons (Fsp3) is 0.474.